The maximum absolute atomic E-state index is 11.0. The molecule has 0 aliphatic carbocycles. The number of aliphatic hydroxyl groups is 2. The van der Waals surface area contributed by atoms with Crippen molar-refractivity contribution >= 4 is 47.0 Å². The molecule has 0 aliphatic rings. The number of carboxylic acids is 4. The van der Waals surface area contributed by atoms with E-state index in [1.807, 2.05) is 27.7 Å². The van der Waals surface area contributed by atoms with Crippen LogP contribution in [-0.2, 0) is 60.1 Å². The Morgan fingerprint density at radius 2 is 0.540 bits per heavy atom. The predicted octanol–water partition coefficient (Wildman–Crippen LogP) is 4.91. The van der Waals surface area contributed by atoms with Gasteiger partial charge in [-0.3, -0.25) is 19.2 Å². The van der Waals surface area contributed by atoms with E-state index in [9.17, 15) is 58.8 Å². The molecule has 0 aromatic carbocycles. The Kier molecular flexibility index (Phi) is 63.3. The summed E-state index contributed by atoms with van der Waals surface area (Å²) in [6, 6.07) is 0. The molecule has 0 amide bonds. The summed E-state index contributed by atoms with van der Waals surface area (Å²) in [7, 11) is 0. The molecule has 0 spiro atoms. The van der Waals surface area contributed by atoms with Gasteiger partial charge in [0.1, 0.15) is 23.1 Å². The zero-order valence-electron chi connectivity index (χ0n) is 41.3. The van der Waals surface area contributed by atoms with Crippen LogP contribution in [0.4, 0.5) is 0 Å². The first-order valence-electron chi connectivity index (χ1n) is 23.4. The Morgan fingerprint density at radius 1 is 0.349 bits per heavy atom. The van der Waals surface area contributed by atoms with E-state index in [0.29, 0.717) is 102 Å². The summed E-state index contributed by atoms with van der Waals surface area (Å²) >= 11 is 0. The summed E-state index contributed by atoms with van der Waals surface area (Å²) in [4.78, 5) is 85.2. The molecule has 0 saturated heterocycles. The van der Waals surface area contributed by atoms with Crippen molar-refractivity contribution in [1.82, 2.24) is 0 Å². The number of hydrogen-bond acceptors (Lipinski definition) is 14. The molecule has 0 heterocycles. The third-order valence-electron chi connectivity index (χ3n) is 9.91. The van der Waals surface area contributed by atoms with Crippen LogP contribution in [-0.4, -0.2) is 70.4 Å². The van der Waals surface area contributed by atoms with Crippen LogP contribution < -0.4 is 20.4 Å². The first kappa shape index (κ1) is 74.5. The number of Topliss-reactive ketones (excluding diaryl/α,β-unsaturated/α-hetero) is 4. The summed E-state index contributed by atoms with van der Waals surface area (Å²) in [5.41, 5.74) is 0. The number of carboxylic acid groups (broad SMARTS) is 4. The summed E-state index contributed by atoms with van der Waals surface area (Å²) in [5.74, 6) is -8.28. The van der Waals surface area contributed by atoms with Crippen LogP contribution in [0.3, 0.4) is 0 Å². The van der Waals surface area contributed by atoms with Gasteiger partial charge in [0.25, 0.3) is 0 Å². The van der Waals surface area contributed by atoms with Gasteiger partial charge in [0, 0.05) is 38.9 Å². The van der Waals surface area contributed by atoms with Crippen molar-refractivity contribution < 1.29 is 90.7 Å². The molecule has 15 heteroatoms. The second-order valence-electron chi connectivity index (χ2n) is 15.2. The molecule has 63 heavy (non-hydrogen) atoms. The average Bonchev–Trinajstić information content (AvgIpc) is 3.21. The first-order chi connectivity index (χ1) is 29.2. The van der Waals surface area contributed by atoms with E-state index in [4.69, 9.17) is 10.2 Å². The molecular weight excluding hydrogens is 848 g/mol. The van der Waals surface area contributed by atoms with Gasteiger partial charge in [0.05, 0.1) is 47.5 Å². The van der Waals surface area contributed by atoms with Crippen molar-refractivity contribution in [2.24, 2.45) is 35.5 Å². The molecule has 0 aromatic heterocycles. The van der Waals surface area contributed by atoms with Gasteiger partial charge < -0.3 is 49.8 Å². The summed E-state index contributed by atoms with van der Waals surface area (Å²) in [6.45, 7) is 23.5. The average molecular weight is 937 g/mol. The van der Waals surface area contributed by atoms with Crippen LogP contribution in [0.25, 0.3) is 0 Å². The zero-order valence-corrected chi connectivity index (χ0v) is 42.9. The molecule has 14 nitrogen and oxygen atoms in total. The Morgan fingerprint density at radius 3 is 0.635 bits per heavy atom. The van der Waals surface area contributed by atoms with E-state index in [1.54, 1.807) is 27.7 Å². The minimum atomic E-state index is -1.24. The van der Waals surface area contributed by atoms with Crippen LogP contribution in [0, 0.1) is 35.5 Å². The normalized spacial score (nSPS) is 12.7. The van der Waals surface area contributed by atoms with Gasteiger partial charge in [-0.2, -0.15) is 0 Å². The van der Waals surface area contributed by atoms with Gasteiger partial charge in [0.2, 0.25) is 0 Å². The molecule has 2 N–H and O–H groups in total. The van der Waals surface area contributed by atoms with Crippen LogP contribution >= 0.6 is 0 Å². The minimum absolute atomic E-state index is 0. The number of carbonyl (C=O) groups is 8. The molecule has 6 atom stereocenters. The van der Waals surface area contributed by atoms with Crippen molar-refractivity contribution in [3.63, 3.8) is 0 Å². The largest absolute Gasteiger partial charge is 4.00 e. The number of hydrogen-bond donors (Lipinski definition) is 2. The quantitative estimate of drug-likeness (QED) is 0.0716. The second-order valence-corrected chi connectivity index (χ2v) is 15.2. The molecule has 6 unspecified atom stereocenters. The molecule has 0 aliphatic heterocycles. The summed E-state index contributed by atoms with van der Waals surface area (Å²) in [5, 5.41) is 58.8. The molecule has 0 radical (unpaired) electrons. The first-order valence-corrected chi connectivity index (χ1v) is 23.4. The maximum atomic E-state index is 11.0. The maximum Gasteiger partial charge on any atom is 4.00 e. The molecule has 0 rings (SSSR count). The number of aliphatic carboxylic acids is 4. The van der Waals surface area contributed by atoms with Crippen LogP contribution in [0.15, 0.2) is 0 Å². The molecule has 0 bridgehead atoms. The fourth-order valence-corrected chi connectivity index (χ4v) is 5.62. The topological polar surface area (TPSA) is 269 Å². The molecular formula is C48H88O14Ti. The SMILES string of the molecule is CCCC(=O)C(CC)C(=O)[O-].CCCC(=O)C(CC)C(=O)[O-].CCCC(=O)C(CC)C(=O)[O-].CCCC(=O)C(CC)C(=O)[O-].CCCCC(CC)CO.CCCCC(CC)CO.[Ti+4]. The predicted molar refractivity (Wildman–Crippen MR) is 236 cm³/mol. The second kappa shape index (κ2) is 53.5. The minimum Gasteiger partial charge on any atom is -0.549 e. The fraction of sp³-hybridized carbons (Fsp3) is 0.833. The van der Waals surface area contributed by atoms with Crippen molar-refractivity contribution in [3.05, 3.63) is 0 Å². The van der Waals surface area contributed by atoms with Crippen molar-refractivity contribution in [3.8, 4) is 0 Å². The van der Waals surface area contributed by atoms with Gasteiger partial charge in [0.15, 0.2) is 0 Å². The third kappa shape index (κ3) is 45.6. The van der Waals surface area contributed by atoms with Crippen molar-refractivity contribution in [1.29, 1.82) is 0 Å². The Hall–Kier alpha value is -2.81. The van der Waals surface area contributed by atoms with Gasteiger partial charge in [-0.05, 0) is 76.0 Å². The van der Waals surface area contributed by atoms with Gasteiger partial charge >= 0.3 is 21.7 Å². The zero-order chi connectivity index (χ0) is 49.6. The Balaban J connectivity index is -0.000000119. The standard InChI is InChI=1S/4C8H14O3.2C8H18O.Ti/c4*1-3-5-7(9)6(4-2)8(10)11;2*1-3-5-6-8(4-2)7-9;/h4*6H,3-5H2,1-2H3,(H,10,11);2*8-9H,3-7H2,1-2H3;/q;;;;;;+4/p-4. The van der Waals surface area contributed by atoms with E-state index in [1.165, 1.54) is 38.5 Å². The monoisotopic (exact) mass is 937 g/mol. The smallest absolute Gasteiger partial charge is 0.549 e. The van der Waals surface area contributed by atoms with Gasteiger partial charge in [-0.1, -0.05) is 122 Å². The van der Waals surface area contributed by atoms with Gasteiger partial charge in [-0.25, -0.2) is 0 Å². The fourth-order valence-electron chi connectivity index (χ4n) is 5.62. The number of rotatable bonds is 30. The van der Waals surface area contributed by atoms with Crippen LogP contribution in [0.2, 0.25) is 0 Å². The summed E-state index contributed by atoms with van der Waals surface area (Å²) < 4.78 is 0. The van der Waals surface area contributed by atoms with E-state index >= 15 is 0 Å². The van der Waals surface area contributed by atoms with Crippen molar-refractivity contribution in [2.75, 3.05) is 13.2 Å². The van der Waals surface area contributed by atoms with Crippen LogP contribution in [0.1, 0.15) is 212 Å². The van der Waals surface area contributed by atoms with Gasteiger partial charge in [-0.15, -0.1) is 0 Å². The van der Waals surface area contributed by atoms with Crippen LogP contribution in [0.5, 0.6) is 0 Å². The molecule has 368 valence electrons. The molecule has 0 aromatic rings. The van der Waals surface area contributed by atoms with E-state index in [0.717, 1.165) is 12.8 Å². The Bertz CT molecular complexity index is 992. The van der Waals surface area contributed by atoms with E-state index < -0.39 is 47.5 Å². The summed E-state index contributed by atoms with van der Waals surface area (Å²) in [6.07, 6.45) is 15.1. The molecule has 0 fully saturated rings. The molecule has 0 saturated carbocycles. The van der Waals surface area contributed by atoms with Crippen molar-refractivity contribution in [2.45, 2.75) is 212 Å². The number of ketones is 4. The van der Waals surface area contributed by atoms with E-state index in [2.05, 4.69) is 27.7 Å². The number of aliphatic hydroxyl groups excluding tert-OH is 2. The Labute approximate surface area is 396 Å². The van der Waals surface area contributed by atoms with E-state index in [-0.39, 0.29) is 44.9 Å². The number of carbonyl (C=O) groups excluding carboxylic acids is 8. The number of unbranched alkanes of at least 4 members (excludes halogenated alkanes) is 2. The third-order valence-corrected chi connectivity index (χ3v) is 9.91.